The Kier molecular flexibility index (Phi) is 4.96. The zero-order chi connectivity index (χ0) is 15.4. The van der Waals surface area contributed by atoms with Crippen molar-refractivity contribution in [3.8, 4) is 0 Å². The maximum atomic E-state index is 13.1. The van der Waals surface area contributed by atoms with E-state index in [0.29, 0.717) is 11.0 Å². The molecule has 0 saturated heterocycles. The minimum absolute atomic E-state index is 0.299. The van der Waals surface area contributed by atoms with Gasteiger partial charge in [-0.05, 0) is 52.2 Å². The SMILES string of the molecule is CC(C(=O)O)c1ccc(CNc2ccc(F)c(Br)c2)cc1. The van der Waals surface area contributed by atoms with E-state index >= 15 is 0 Å². The molecule has 2 N–H and O–H groups in total. The topological polar surface area (TPSA) is 49.3 Å². The van der Waals surface area contributed by atoms with E-state index < -0.39 is 11.9 Å². The van der Waals surface area contributed by atoms with Gasteiger partial charge < -0.3 is 10.4 Å². The fraction of sp³-hybridized carbons (Fsp3) is 0.188. The van der Waals surface area contributed by atoms with Crippen molar-refractivity contribution in [3.63, 3.8) is 0 Å². The molecule has 1 unspecified atom stereocenters. The molecule has 3 nitrogen and oxygen atoms in total. The largest absolute Gasteiger partial charge is 0.481 e. The highest BCUT2D eigenvalue weighted by atomic mass is 79.9. The number of carboxylic acids is 1. The van der Waals surface area contributed by atoms with Crippen LogP contribution in [0.5, 0.6) is 0 Å². The van der Waals surface area contributed by atoms with Crippen molar-refractivity contribution < 1.29 is 14.3 Å². The molecule has 0 aliphatic rings. The van der Waals surface area contributed by atoms with Crippen LogP contribution in [0.4, 0.5) is 10.1 Å². The summed E-state index contributed by atoms with van der Waals surface area (Å²) in [6, 6.07) is 12.1. The van der Waals surface area contributed by atoms with Crippen LogP contribution >= 0.6 is 15.9 Å². The van der Waals surface area contributed by atoms with Gasteiger partial charge in [-0.1, -0.05) is 24.3 Å². The summed E-state index contributed by atoms with van der Waals surface area (Å²) in [5, 5.41) is 12.1. The summed E-state index contributed by atoms with van der Waals surface area (Å²) >= 11 is 3.14. The molecule has 0 saturated carbocycles. The molecule has 0 radical (unpaired) electrons. The van der Waals surface area contributed by atoms with Gasteiger partial charge in [0.05, 0.1) is 10.4 Å². The van der Waals surface area contributed by atoms with E-state index in [2.05, 4.69) is 21.2 Å². The Labute approximate surface area is 130 Å². The van der Waals surface area contributed by atoms with Crippen LogP contribution in [0.15, 0.2) is 46.9 Å². The minimum atomic E-state index is -0.836. The molecular formula is C16H15BrFNO2. The van der Waals surface area contributed by atoms with E-state index in [1.807, 2.05) is 24.3 Å². The zero-order valence-corrected chi connectivity index (χ0v) is 13.0. The zero-order valence-electron chi connectivity index (χ0n) is 11.4. The number of halogens is 2. The van der Waals surface area contributed by atoms with Gasteiger partial charge in [-0.3, -0.25) is 4.79 Å². The Hall–Kier alpha value is -1.88. The molecule has 0 heterocycles. The highest BCUT2D eigenvalue weighted by Gasteiger charge is 2.12. The van der Waals surface area contributed by atoms with Crippen LogP contribution in [0, 0.1) is 5.82 Å². The van der Waals surface area contributed by atoms with Crippen LogP contribution in [0.1, 0.15) is 24.0 Å². The third kappa shape index (κ3) is 4.04. The average molecular weight is 352 g/mol. The second kappa shape index (κ2) is 6.72. The lowest BCUT2D eigenvalue weighted by Crippen LogP contribution is -2.07. The number of aliphatic carboxylic acids is 1. The summed E-state index contributed by atoms with van der Waals surface area (Å²) in [6.45, 7) is 2.24. The van der Waals surface area contributed by atoms with Gasteiger partial charge in [0, 0.05) is 12.2 Å². The molecule has 0 fully saturated rings. The number of anilines is 1. The van der Waals surface area contributed by atoms with Crippen molar-refractivity contribution in [1.82, 2.24) is 0 Å². The van der Waals surface area contributed by atoms with Crippen molar-refractivity contribution in [2.24, 2.45) is 0 Å². The first kappa shape index (κ1) is 15.5. The number of rotatable bonds is 5. The molecule has 2 rings (SSSR count). The Bertz CT molecular complexity index is 643. The van der Waals surface area contributed by atoms with Gasteiger partial charge >= 0.3 is 5.97 Å². The Morgan fingerprint density at radius 2 is 1.95 bits per heavy atom. The van der Waals surface area contributed by atoms with Gasteiger partial charge in [-0.25, -0.2) is 4.39 Å². The van der Waals surface area contributed by atoms with Crippen molar-refractivity contribution >= 4 is 27.6 Å². The molecule has 0 aliphatic heterocycles. The van der Waals surface area contributed by atoms with Crippen LogP contribution in [0.25, 0.3) is 0 Å². The van der Waals surface area contributed by atoms with Gasteiger partial charge in [0.25, 0.3) is 0 Å². The van der Waals surface area contributed by atoms with Crippen molar-refractivity contribution in [2.75, 3.05) is 5.32 Å². The molecule has 2 aromatic carbocycles. The van der Waals surface area contributed by atoms with Gasteiger partial charge in [0.15, 0.2) is 0 Å². The summed E-state index contributed by atoms with van der Waals surface area (Å²) in [7, 11) is 0. The van der Waals surface area contributed by atoms with Crippen molar-refractivity contribution in [2.45, 2.75) is 19.4 Å². The van der Waals surface area contributed by atoms with Crippen LogP contribution < -0.4 is 5.32 Å². The average Bonchev–Trinajstić information content (AvgIpc) is 2.48. The molecule has 2 aromatic rings. The Morgan fingerprint density at radius 1 is 1.29 bits per heavy atom. The molecule has 0 spiro atoms. The van der Waals surface area contributed by atoms with E-state index in [0.717, 1.165) is 16.8 Å². The minimum Gasteiger partial charge on any atom is -0.481 e. The van der Waals surface area contributed by atoms with E-state index in [1.54, 1.807) is 19.1 Å². The lowest BCUT2D eigenvalue weighted by atomic mass is 10.00. The lowest BCUT2D eigenvalue weighted by molar-refractivity contribution is -0.138. The number of carbonyl (C=O) groups is 1. The maximum absolute atomic E-state index is 13.1. The number of hydrogen-bond donors (Lipinski definition) is 2. The standard InChI is InChI=1S/C16H15BrFNO2/c1-10(16(20)21)12-4-2-11(3-5-12)9-19-13-6-7-15(18)14(17)8-13/h2-8,10,19H,9H2,1H3,(H,20,21). The molecule has 1 atom stereocenters. The number of benzene rings is 2. The summed E-state index contributed by atoms with van der Waals surface area (Å²) in [5.41, 5.74) is 2.61. The van der Waals surface area contributed by atoms with E-state index in [-0.39, 0.29) is 5.82 Å². The first-order valence-electron chi connectivity index (χ1n) is 6.48. The molecule has 0 aliphatic carbocycles. The monoisotopic (exact) mass is 351 g/mol. The molecule has 0 amide bonds. The van der Waals surface area contributed by atoms with Crippen LogP contribution in [0.3, 0.4) is 0 Å². The van der Waals surface area contributed by atoms with Crippen molar-refractivity contribution in [3.05, 3.63) is 63.9 Å². The summed E-state index contributed by atoms with van der Waals surface area (Å²) < 4.78 is 13.5. The lowest BCUT2D eigenvalue weighted by Gasteiger charge is -2.10. The first-order valence-corrected chi connectivity index (χ1v) is 7.27. The number of nitrogens with one attached hydrogen (secondary N) is 1. The fourth-order valence-electron chi connectivity index (χ4n) is 1.88. The molecule has 5 heteroatoms. The van der Waals surface area contributed by atoms with Gasteiger partial charge in [-0.15, -0.1) is 0 Å². The molecule has 21 heavy (non-hydrogen) atoms. The molecule has 110 valence electrons. The second-order valence-corrected chi connectivity index (χ2v) is 5.64. The number of hydrogen-bond acceptors (Lipinski definition) is 2. The summed E-state index contributed by atoms with van der Waals surface area (Å²) in [4.78, 5) is 10.9. The number of carboxylic acid groups (broad SMARTS) is 1. The van der Waals surface area contributed by atoms with Crippen LogP contribution in [0.2, 0.25) is 0 Å². The normalized spacial score (nSPS) is 12.0. The second-order valence-electron chi connectivity index (χ2n) is 4.78. The maximum Gasteiger partial charge on any atom is 0.310 e. The summed E-state index contributed by atoms with van der Waals surface area (Å²) in [6.07, 6.45) is 0. The predicted molar refractivity (Wildman–Crippen MR) is 83.9 cm³/mol. The third-order valence-electron chi connectivity index (χ3n) is 3.27. The van der Waals surface area contributed by atoms with Crippen LogP contribution in [-0.2, 0) is 11.3 Å². The van der Waals surface area contributed by atoms with Crippen LogP contribution in [-0.4, -0.2) is 11.1 Å². The highest BCUT2D eigenvalue weighted by Crippen LogP contribution is 2.21. The van der Waals surface area contributed by atoms with E-state index in [4.69, 9.17) is 5.11 Å². The predicted octanol–water partition coefficient (Wildman–Crippen LogP) is 4.39. The Balaban J connectivity index is 2.00. The highest BCUT2D eigenvalue weighted by molar-refractivity contribution is 9.10. The molecule has 0 aromatic heterocycles. The summed E-state index contributed by atoms with van der Waals surface area (Å²) in [5.74, 6) is -1.65. The van der Waals surface area contributed by atoms with Gasteiger partial charge in [0.1, 0.15) is 5.82 Å². The smallest absolute Gasteiger partial charge is 0.310 e. The first-order chi connectivity index (χ1) is 9.97. The quantitative estimate of drug-likeness (QED) is 0.839. The molecular weight excluding hydrogens is 337 g/mol. The third-order valence-corrected chi connectivity index (χ3v) is 3.87. The van der Waals surface area contributed by atoms with E-state index in [1.165, 1.54) is 6.07 Å². The van der Waals surface area contributed by atoms with E-state index in [9.17, 15) is 9.18 Å². The van der Waals surface area contributed by atoms with Gasteiger partial charge in [-0.2, -0.15) is 0 Å². The van der Waals surface area contributed by atoms with Crippen molar-refractivity contribution in [1.29, 1.82) is 0 Å². The fourth-order valence-corrected chi connectivity index (χ4v) is 2.26. The van der Waals surface area contributed by atoms with Gasteiger partial charge in [0.2, 0.25) is 0 Å². The Morgan fingerprint density at radius 3 is 2.52 bits per heavy atom. The molecule has 0 bridgehead atoms.